The number of amides is 2. The monoisotopic (exact) mass is 458 g/mol. The number of hydrogen-bond donors (Lipinski definition) is 1. The Labute approximate surface area is 194 Å². The maximum atomic E-state index is 13.1. The Morgan fingerprint density at radius 3 is 2.38 bits per heavy atom. The molecule has 7 heteroatoms. The summed E-state index contributed by atoms with van der Waals surface area (Å²) in [5.74, 6) is 0.821. The normalized spacial score (nSPS) is 15.0. The zero-order valence-electron chi connectivity index (χ0n) is 18.7. The summed E-state index contributed by atoms with van der Waals surface area (Å²) < 4.78 is 10.8. The van der Waals surface area contributed by atoms with E-state index in [0.717, 1.165) is 31.2 Å². The van der Waals surface area contributed by atoms with Crippen molar-refractivity contribution >= 4 is 23.4 Å². The Hall–Kier alpha value is -2.73. The minimum Gasteiger partial charge on any atom is -0.497 e. The minimum absolute atomic E-state index is 0.151. The first-order valence-electron chi connectivity index (χ1n) is 11.1. The van der Waals surface area contributed by atoms with Crippen LogP contribution in [0.2, 0.25) is 5.02 Å². The van der Waals surface area contributed by atoms with Gasteiger partial charge in [-0.3, -0.25) is 9.59 Å². The lowest BCUT2D eigenvalue weighted by atomic mass is 9.95. The molecule has 0 aliphatic heterocycles. The molecule has 6 nitrogen and oxygen atoms in total. The number of benzene rings is 2. The largest absolute Gasteiger partial charge is 0.497 e. The van der Waals surface area contributed by atoms with E-state index in [-0.39, 0.29) is 31.0 Å². The lowest BCUT2D eigenvalue weighted by Crippen LogP contribution is -2.51. The van der Waals surface area contributed by atoms with Crippen molar-refractivity contribution in [3.63, 3.8) is 0 Å². The van der Waals surface area contributed by atoms with E-state index in [4.69, 9.17) is 21.1 Å². The SMILES string of the molecule is COc1ccc(OCC(=O)N(Cc2ccccc2Cl)[C@H](C)C(=O)NC2CCCCC2)cc1. The van der Waals surface area contributed by atoms with Crippen molar-refractivity contribution in [2.75, 3.05) is 13.7 Å². The third kappa shape index (κ3) is 6.63. The van der Waals surface area contributed by atoms with E-state index >= 15 is 0 Å². The van der Waals surface area contributed by atoms with Gasteiger partial charge in [0, 0.05) is 17.6 Å². The Bertz CT molecular complexity index is 897. The standard InChI is InChI=1S/C25H31ClN2O4/c1-18(25(30)27-20-9-4-3-5-10-20)28(16-19-8-6-7-11-23(19)26)24(29)17-32-22-14-12-21(31-2)13-15-22/h6-8,11-15,18,20H,3-5,9-10,16-17H2,1-2H3,(H,27,30)/t18-/m1/s1. The summed E-state index contributed by atoms with van der Waals surface area (Å²) in [6, 6.07) is 13.9. The first-order valence-corrected chi connectivity index (χ1v) is 11.5. The van der Waals surface area contributed by atoms with Crippen LogP contribution >= 0.6 is 11.6 Å². The number of carbonyl (C=O) groups is 2. The number of carbonyl (C=O) groups excluding carboxylic acids is 2. The van der Waals surface area contributed by atoms with Crippen LogP contribution in [0.3, 0.4) is 0 Å². The maximum absolute atomic E-state index is 13.1. The summed E-state index contributed by atoms with van der Waals surface area (Å²) in [5, 5.41) is 3.68. The van der Waals surface area contributed by atoms with Gasteiger partial charge < -0.3 is 19.7 Å². The van der Waals surface area contributed by atoms with Crippen molar-refractivity contribution in [3.05, 3.63) is 59.1 Å². The molecule has 0 heterocycles. The fourth-order valence-electron chi connectivity index (χ4n) is 3.86. The molecule has 2 amide bonds. The maximum Gasteiger partial charge on any atom is 0.261 e. The molecular formula is C25H31ClN2O4. The Kier molecular flexibility index (Phi) is 8.80. The highest BCUT2D eigenvalue weighted by Crippen LogP contribution is 2.21. The number of hydrogen-bond acceptors (Lipinski definition) is 4. The van der Waals surface area contributed by atoms with E-state index in [2.05, 4.69) is 5.32 Å². The Morgan fingerprint density at radius 1 is 1.06 bits per heavy atom. The summed E-state index contributed by atoms with van der Waals surface area (Å²) in [5.41, 5.74) is 0.782. The molecule has 0 bridgehead atoms. The second-order valence-corrected chi connectivity index (χ2v) is 8.50. The molecule has 0 aromatic heterocycles. The summed E-state index contributed by atoms with van der Waals surface area (Å²) >= 11 is 6.33. The summed E-state index contributed by atoms with van der Waals surface area (Å²) in [6.07, 6.45) is 5.42. The van der Waals surface area contributed by atoms with Crippen LogP contribution < -0.4 is 14.8 Å². The highest BCUT2D eigenvalue weighted by molar-refractivity contribution is 6.31. The van der Waals surface area contributed by atoms with Gasteiger partial charge in [-0.25, -0.2) is 0 Å². The third-order valence-electron chi connectivity index (χ3n) is 5.84. The van der Waals surface area contributed by atoms with Gasteiger partial charge in [-0.05, 0) is 55.7 Å². The predicted molar refractivity (Wildman–Crippen MR) is 125 cm³/mol. The molecule has 172 valence electrons. The van der Waals surface area contributed by atoms with Crippen LogP contribution in [0, 0.1) is 0 Å². The molecule has 3 rings (SSSR count). The molecule has 0 spiro atoms. The number of halogens is 1. The average Bonchev–Trinajstić information content (AvgIpc) is 2.82. The first-order chi connectivity index (χ1) is 15.5. The molecule has 0 radical (unpaired) electrons. The van der Waals surface area contributed by atoms with E-state index < -0.39 is 6.04 Å². The molecular weight excluding hydrogens is 428 g/mol. The van der Waals surface area contributed by atoms with E-state index in [9.17, 15) is 9.59 Å². The van der Waals surface area contributed by atoms with Crippen molar-refractivity contribution < 1.29 is 19.1 Å². The van der Waals surface area contributed by atoms with Crippen LogP contribution in [0.5, 0.6) is 11.5 Å². The zero-order chi connectivity index (χ0) is 22.9. The molecule has 2 aromatic rings. The molecule has 2 aromatic carbocycles. The highest BCUT2D eigenvalue weighted by Gasteiger charge is 2.28. The van der Waals surface area contributed by atoms with E-state index in [1.54, 1.807) is 44.4 Å². The first kappa shape index (κ1) is 23.9. The van der Waals surface area contributed by atoms with Gasteiger partial charge in [0.1, 0.15) is 17.5 Å². The van der Waals surface area contributed by atoms with Crippen LogP contribution in [0.15, 0.2) is 48.5 Å². The van der Waals surface area contributed by atoms with Crippen LogP contribution in [-0.2, 0) is 16.1 Å². The number of rotatable bonds is 9. The van der Waals surface area contributed by atoms with Gasteiger partial charge in [-0.2, -0.15) is 0 Å². The lowest BCUT2D eigenvalue weighted by Gasteiger charge is -2.31. The van der Waals surface area contributed by atoms with Gasteiger partial charge in [-0.15, -0.1) is 0 Å². The van der Waals surface area contributed by atoms with E-state index in [1.807, 2.05) is 18.2 Å². The lowest BCUT2D eigenvalue weighted by molar-refractivity contribution is -0.142. The van der Waals surface area contributed by atoms with Crippen molar-refractivity contribution in [1.82, 2.24) is 10.2 Å². The molecule has 0 unspecified atom stereocenters. The smallest absolute Gasteiger partial charge is 0.261 e. The van der Waals surface area contributed by atoms with Gasteiger partial charge in [0.2, 0.25) is 5.91 Å². The summed E-state index contributed by atoms with van der Waals surface area (Å²) in [6.45, 7) is 1.79. The van der Waals surface area contributed by atoms with Gasteiger partial charge in [-0.1, -0.05) is 49.1 Å². The van der Waals surface area contributed by atoms with Crippen LogP contribution in [0.1, 0.15) is 44.6 Å². The number of nitrogens with zero attached hydrogens (tertiary/aromatic N) is 1. The van der Waals surface area contributed by atoms with Crippen LogP contribution in [-0.4, -0.2) is 42.5 Å². The van der Waals surface area contributed by atoms with Crippen molar-refractivity contribution in [2.24, 2.45) is 0 Å². The third-order valence-corrected chi connectivity index (χ3v) is 6.21. The fourth-order valence-corrected chi connectivity index (χ4v) is 4.06. The molecule has 1 aliphatic carbocycles. The molecule has 0 saturated heterocycles. The molecule has 1 fully saturated rings. The number of ether oxygens (including phenoxy) is 2. The molecule has 1 N–H and O–H groups in total. The molecule has 1 saturated carbocycles. The molecule has 1 aliphatic rings. The Balaban J connectivity index is 1.70. The zero-order valence-corrected chi connectivity index (χ0v) is 19.4. The van der Waals surface area contributed by atoms with Gasteiger partial charge in [0.15, 0.2) is 6.61 Å². The van der Waals surface area contributed by atoms with Crippen LogP contribution in [0.25, 0.3) is 0 Å². The quantitative estimate of drug-likeness (QED) is 0.596. The average molecular weight is 459 g/mol. The van der Waals surface area contributed by atoms with Gasteiger partial charge >= 0.3 is 0 Å². The van der Waals surface area contributed by atoms with Gasteiger partial charge in [0.05, 0.1) is 7.11 Å². The van der Waals surface area contributed by atoms with Crippen molar-refractivity contribution in [2.45, 2.75) is 57.7 Å². The topological polar surface area (TPSA) is 67.9 Å². The van der Waals surface area contributed by atoms with Crippen LogP contribution in [0.4, 0.5) is 0 Å². The number of nitrogens with one attached hydrogen (secondary N) is 1. The van der Waals surface area contributed by atoms with Gasteiger partial charge in [0.25, 0.3) is 5.91 Å². The van der Waals surface area contributed by atoms with E-state index in [0.29, 0.717) is 16.5 Å². The highest BCUT2D eigenvalue weighted by atomic mass is 35.5. The summed E-state index contributed by atoms with van der Waals surface area (Å²) in [7, 11) is 1.59. The fraction of sp³-hybridized carbons (Fsp3) is 0.440. The van der Waals surface area contributed by atoms with Crippen molar-refractivity contribution in [1.29, 1.82) is 0 Å². The molecule has 32 heavy (non-hydrogen) atoms. The molecule has 1 atom stereocenters. The Morgan fingerprint density at radius 2 is 1.72 bits per heavy atom. The van der Waals surface area contributed by atoms with E-state index in [1.165, 1.54) is 11.3 Å². The summed E-state index contributed by atoms with van der Waals surface area (Å²) in [4.78, 5) is 27.7. The van der Waals surface area contributed by atoms with Crippen molar-refractivity contribution in [3.8, 4) is 11.5 Å². The second-order valence-electron chi connectivity index (χ2n) is 8.10. The number of methoxy groups -OCH3 is 1. The minimum atomic E-state index is -0.653. The second kappa shape index (κ2) is 11.8. The predicted octanol–water partition coefficient (Wildman–Crippen LogP) is 4.59.